The number of nitrogens with one attached hydrogen (secondary N) is 1. The Hall–Kier alpha value is -0.990. The highest BCUT2D eigenvalue weighted by atomic mass is 32.2. The van der Waals surface area contributed by atoms with Crippen molar-refractivity contribution in [3.63, 3.8) is 0 Å². The fourth-order valence-electron chi connectivity index (χ4n) is 3.32. The minimum absolute atomic E-state index is 0.0758. The van der Waals surface area contributed by atoms with Crippen LogP contribution in [0.2, 0.25) is 0 Å². The Bertz CT molecular complexity index is 598. The lowest BCUT2D eigenvalue weighted by atomic mass is 10.0. The maximum Gasteiger partial charge on any atom is 0.211 e. The predicted molar refractivity (Wildman–Crippen MR) is 88.3 cm³/mol. The van der Waals surface area contributed by atoms with Crippen molar-refractivity contribution in [2.75, 3.05) is 12.3 Å². The topological polar surface area (TPSA) is 97.1 Å². The standard InChI is InChI=1S/C15H28N4O3S/c1-4-11(5-2)9-23(21,22)17-8-13-6-12(7-14(13)20)15-18-16-10-19(15)3/h10-14,17,20H,4-9H2,1-3H3/t12-,13+,14+/m0/s1. The van der Waals surface area contributed by atoms with Gasteiger partial charge in [-0.2, -0.15) is 0 Å². The van der Waals surface area contributed by atoms with Gasteiger partial charge in [0.05, 0.1) is 11.9 Å². The van der Waals surface area contributed by atoms with Gasteiger partial charge in [0.1, 0.15) is 12.2 Å². The van der Waals surface area contributed by atoms with Crippen molar-refractivity contribution < 1.29 is 13.5 Å². The second-order valence-corrected chi connectivity index (χ2v) is 8.46. The maximum absolute atomic E-state index is 12.2. The van der Waals surface area contributed by atoms with Gasteiger partial charge in [0.25, 0.3) is 0 Å². The van der Waals surface area contributed by atoms with E-state index in [1.54, 1.807) is 6.33 Å². The highest BCUT2D eigenvalue weighted by molar-refractivity contribution is 7.89. The molecule has 132 valence electrons. The number of sulfonamides is 1. The van der Waals surface area contributed by atoms with E-state index in [2.05, 4.69) is 14.9 Å². The molecule has 3 atom stereocenters. The van der Waals surface area contributed by atoms with Crippen LogP contribution in [0.1, 0.15) is 51.3 Å². The van der Waals surface area contributed by atoms with Crippen molar-refractivity contribution >= 4 is 10.0 Å². The second kappa shape index (κ2) is 7.72. The van der Waals surface area contributed by atoms with Gasteiger partial charge in [-0.15, -0.1) is 10.2 Å². The number of nitrogens with zero attached hydrogens (tertiary/aromatic N) is 3. The van der Waals surface area contributed by atoms with Gasteiger partial charge in [-0.3, -0.25) is 0 Å². The Balaban J connectivity index is 1.90. The normalized spacial score (nSPS) is 25.3. The molecule has 0 aliphatic heterocycles. The molecule has 8 heteroatoms. The van der Waals surface area contributed by atoms with Gasteiger partial charge in [-0.25, -0.2) is 13.1 Å². The Morgan fingerprint density at radius 3 is 2.65 bits per heavy atom. The molecule has 2 N–H and O–H groups in total. The summed E-state index contributed by atoms with van der Waals surface area (Å²) in [6.07, 6.45) is 4.18. The number of aliphatic hydroxyl groups is 1. The Morgan fingerprint density at radius 2 is 2.09 bits per heavy atom. The van der Waals surface area contributed by atoms with Gasteiger partial charge >= 0.3 is 0 Å². The quantitative estimate of drug-likeness (QED) is 0.734. The van der Waals surface area contributed by atoms with Crippen LogP contribution in [-0.4, -0.2) is 46.7 Å². The van der Waals surface area contributed by atoms with Gasteiger partial charge in [0.15, 0.2) is 0 Å². The van der Waals surface area contributed by atoms with E-state index in [1.807, 2.05) is 25.5 Å². The van der Waals surface area contributed by atoms with E-state index >= 15 is 0 Å². The predicted octanol–water partition coefficient (Wildman–Crippen LogP) is 1.03. The van der Waals surface area contributed by atoms with Gasteiger partial charge in [0, 0.05) is 19.5 Å². The summed E-state index contributed by atoms with van der Waals surface area (Å²) in [5.74, 6) is 1.26. The molecule has 0 spiro atoms. The highest BCUT2D eigenvalue weighted by Gasteiger charge is 2.36. The first kappa shape index (κ1) is 18.4. The summed E-state index contributed by atoms with van der Waals surface area (Å²) in [6.45, 7) is 4.31. The van der Waals surface area contributed by atoms with Crippen molar-refractivity contribution in [2.24, 2.45) is 18.9 Å². The molecule has 0 bridgehead atoms. The minimum atomic E-state index is -3.29. The molecule has 1 aromatic rings. The molecule has 1 fully saturated rings. The van der Waals surface area contributed by atoms with E-state index in [0.29, 0.717) is 6.42 Å². The van der Waals surface area contributed by atoms with Crippen molar-refractivity contribution in [3.05, 3.63) is 12.2 Å². The van der Waals surface area contributed by atoms with Crippen LogP contribution >= 0.6 is 0 Å². The summed E-state index contributed by atoms with van der Waals surface area (Å²) in [7, 11) is -1.41. The molecule has 0 radical (unpaired) electrons. The lowest BCUT2D eigenvalue weighted by molar-refractivity contribution is 0.134. The summed E-state index contributed by atoms with van der Waals surface area (Å²) in [4.78, 5) is 0. The molecule has 1 aromatic heterocycles. The van der Waals surface area contributed by atoms with Crippen molar-refractivity contribution in [2.45, 2.75) is 51.6 Å². The average molecular weight is 344 g/mol. The van der Waals surface area contributed by atoms with E-state index in [0.717, 1.165) is 25.1 Å². The molecule has 0 amide bonds. The largest absolute Gasteiger partial charge is 0.393 e. The van der Waals surface area contributed by atoms with E-state index < -0.39 is 16.1 Å². The SMILES string of the molecule is CCC(CC)CS(=O)(=O)NC[C@H]1C[C@H](c2nncn2C)C[C@H]1O. The molecule has 1 heterocycles. The fraction of sp³-hybridized carbons (Fsp3) is 0.867. The fourth-order valence-corrected chi connectivity index (χ4v) is 5.00. The number of aliphatic hydroxyl groups excluding tert-OH is 1. The molecule has 1 aliphatic carbocycles. The zero-order valence-corrected chi connectivity index (χ0v) is 15.0. The monoisotopic (exact) mass is 344 g/mol. The molecule has 7 nitrogen and oxygen atoms in total. The van der Waals surface area contributed by atoms with Crippen LogP contribution in [0.3, 0.4) is 0 Å². The Labute approximate surface area is 138 Å². The van der Waals surface area contributed by atoms with Gasteiger partial charge < -0.3 is 9.67 Å². The molecular weight excluding hydrogens is 316 g/mol. The summed E-state index contributed by atoms with van der Waals surface area (Å²) >= 11 is 0. The molecule has 2 rings (SSSR count). The van der Waals surface area contributed by atoms with E-state index in [-0.39, 0.29) is 30.1 Å². The molecular formula is C15H28N4O3S. The summed E-state index contributed by atoms with van der Waals surface area (Å²) in [5, 5.41) is 18.2. The van der Waals surface area contributed by atoms with Crippen LogP contribution in [0.4, 0.5) is 0 Å². The zero-order valence-electron chi connectivity index (χ0n) is 14.1. The molecule has 0 saturated heterocycles. The van der Waals surface area contributed by atoms with Crippen molar-refractivity contribution in [1.29, 1.82) is 0 Å². The number of hydrogen-bond acceptors (Lipinski definition) is 5. The number of aromatic nitrogens is 3. The third-order valence-electron chi connectivity index (χ3n) is 4.94. The first-order chi connectivity index (χ1) is 10.9. The van der Waals surface area contributed by atoms with Crippen LogP contribution in [0.15, 0.2) is 6.33 Å². The van der Waals surface area contributed by atoms with Crippen LogP contribution in [0.5, 0.6) is 0 Å². The van der Waals surface area contributed by atoms with Gasteiger partial charge in [-0.05, 0) is 24.7 Å². The third-order valence-corrected chi connectivity index (χ3v) is 6.46. The van der Waals surface area contributed by atoms with Crippen molar-refractivity contribution in [1.82, 2.24) is 19.5 Å². The van der Waals surface area contributed by atoms with Crippen LogP contribution < -0.4 is 4.72 Å². The van der Waals surface area contributed by atoms with Crippen LogP contribution in [-0.2, 0) is 17.1 Å². The average Bonchev–Trinajstić information content (AvgIpc) is 3.08. The van der Waals surface area contributed by atoms with E-state index in [1.165, 1.54) is 0 Å². The van der Waals surface area contributed by atoms with E-state index in [9.17, 15) is 13.5 Å². The first-order valence-electron chi connectivity index (χ1n) is 8.35. The van der Waals surface area contributed by atoms with E-state index in [4.69, 9.17) is 0 Å². The smallest absolute Gasteiger partial charge is 0.211 e. The lowest BCUT2D eigenvalue weighted by Gasteiger charge is -2.17. The van der Waals surface area contributed by atoms with Crippen LogP contribution in [0, 0.1) is 11.8 Å². The molecule has 0 aromatic carbocycles. The maximum atomic E-state index is 12.2. The molecule has 1 saturated carbocycles. The Kier molecular flexibility index (Phi) is 6.16. The van der Waals surface area contributed by atoms with Crippen molar-refractivity contribution in [3.8, 4) is 0 Å². The zero-order chi connectivity index (χ0) is 17.0. The molecule has 23 heavy (non-hydrogen) atoms. The summed E-state index contributed by atoms with van der Waals surface area (Å²) in [5.41, 5.74) is 0. The number of rotatable bonds is 8. The minimum Gasteiger partial charge on any atom is -0.393 e. The Morgan fingerprint density at radius 1 is 1.39 bits per heavy atom. The second-order valence-electron chi connectivity index (χ2n) is 6.61. The van der Waals surface area contributed by atoms with Crippen LogP contribution in [0.25, 0.3) is 0 Å². The highest BCUT2D eigenvalue weighted by Crippen LogP contribution is 2.37. The number of aryl methyl sites for hydroxylation is 1. The molecule has 0 unspecified atom stereocenters. The van der Waals surface area contributed by atoms with Gasteiger partial charge in [0.2, 0.25) is 10.0 Å². The first-order valence-corrected chi connectivity index (χ1v) is 10.0. The summed E-state index contributed by atoms with van der Waals surface area (Å²) in [6, 6.07) is 0. The third kappa shape index (κ3) is 4.74. The molecule has 1 aliphatic rings. The van der Waals surface area contributed by atoms with Gasteiger partial charge in [-0.1, -0.05) is 26.7 Å². The lowest BCUT2D eigenvalue weighted by Crippen LogP contribution is -2.35. The summed E-state index contributed by atoms with van der Waals surface area (Å²) < 4.78 is 28.9. The number of hydrogen-bond donors (Lipinski definition) is 2.